The third-order valence-electron chi connectivity index (χ3n) is 3.94. The SMILES string of the molecule is CN=C(NCCS(=O)(=O)NCc1ccccc1)NCc1cccc(C(F)(F)F)c1.I. The van der Waals surface area contributed by atoms with E-state index in [9.17, 15) is 21.6 Å². The molecule has 0 spiro atoms. The maximum atomic E-state index is 12.8. The predicted molar refractivity (Wildman–Crippen MR) is 122 cm³/mol. The molecule has 0 saturated heterocycles. The number of hydrogen-bond donors (Lipinski definition) is 3. The summed E-state index contributed by atoms with van der Waals surface area (Å²) in [6.07, 6.45) is -4.41. The van der Waals surface area contributed by atoms with Gasteiger partial charge in [0.1, 0.15) is 0 Å². The molecular formula is C19H24F3IN4O2S. The van der Waals surface area contributed by atoms with Gasteiger partial charge in [0.25, 0.3) is 0 Å². The summed E-state index contributed by atoms with van der Waals surface area (Å²) < 4.78 is 64.9. The Balaban J connectivity index is 0.00000450. The summed E-state index contributed by atoms with van der Waals surface area (Å²) in [6, 6.07) is 14.1. The van der Waals surface area contributed by atoms with Crippen LogP contribution in [-0.4, -0.2) is 33.7 Å². The lowest BCUT2D eigenvalue weighted by Gasteiger charge is -2.13. The Hall–Kier alpha value is -1.86. The smallest absolute Gasteiger partial charge is 0.355 e. The number of sulfonamides is 1. The van der Waals surface area contributed by atoms with Crippen LogP contribution in [0.25, 0.3) is 0 Å². The normalized spacial score (nSPS) is 12.2. The molecule has 0 aromatic heterocycles. The minimum atomic E-state index is -4.41. The summed E-state index contributed by atoms with van der Waals surface area (Å²) in [5.74, 6) is 0.116. The van der Waals surface area contributed by atoms with Crippen LogP contribution in [0.1, 0.15) is 16.7 Å². The molecule has 3 N–H and O–H groups in total. The molecule has 6 nitrogen and oxygen atoms in total. The van der Waals surface area contributed by atoms with Gasteiger partial charge in [-0.15, -0.1) is 24.0 Å². The molecule has 2 aromatic rings. The quantitative estimate of drug-likeness (QED) is 0.265. The summed E-state index contributed by atoms with van der Waals surface area (Å²) in [5.41, 5.74) is 0.554. The van der Waals surface area contributed by atoms with Crippen LogP contribution >= 0.6 is 24.0 Å². The second-order valence-corrected chi connectivity index (χ2v) is 8.10. The van der Waals surface area contributed by atoms with E-state index in [4.69, 9.17) is 0 Å². The molecule has 0 saturated carbocycles. The Morgan fingerprint density at radius 1 is 0.967 bits per heavy atom. The molecule has 0 aliphatic heterocycles. The standard InChI is InChI=1S/C19H23F3N4O2S.HI/c1-23-18(25-13-16-8-5-9-17(12-16)19(20,21)22)24-10-11-29(27,28)26-14-15-6-3-2-4-7-15;/h2-9,12,26H,10-11,13-14H2,1H3,(H2,23,24,25);1H. The number of guanidine groups is 1. The van der Waals surface area contributed by atoms with Gasteiger partial charge in [0.05, 0.1) is 11.3 Å². The Morgan fingerprint density at radius 3 is 2.27 bits per heavy atom. The summed E-state index contributed by atoms with van der Waals surface area (Å²) in [6.45, 7) is 0.403. The van der Waals surface area contributed by atoms with E-state index in [0.717, 1.165) is 17.7 Å². The fraction of sp³-hybridized carbons (Fsp3) is 0.316. The van der Waals surface area contributed by atoms with Crippen LogP contribution in [-0.2, 0) is 29.3 Å². The second-order valence-electron chi connectivity index (χ2n) is 6.18. The van der Waals surface area contributed by atoms with E-state index in [1.165, 1.54) is 13.1 Å². The lowest BCUT2D eigenvalue weighted by atomic mass is 10.1. The third-order valence-corrected chi connectivity index (χ3v) is 5.27. The Kier molecular flexibility index (Phi) is 10.6. The number of rotatable bonds is 8. The van der Waals surface area contributed by atoms with Crippen LogP contribution in [0, 0.1) is 0 Å². The predicted octanol–water partition coefficient (Wildman–Crippen LogP) is 3.11. The number of alkyl halides is 3. The Bertz CT molecular complexity index is 923. The molecule has 0 radical (unpaired) electrons. The molecule has 0 fully saturated rings. The molecular weight excluding hydrogens is 532 g/mol. The van der Waals surface area contributed by atoms with Crippen molar-refractivity contribution in [2.75, 3.05) is 19.3 Å². The van der Waals surface area contributed by atoms with E-state index in [2.05, 4.69) is 20.3 Å². The van der Waals surface area contributed by atoms with Crippen molar-refractivity contribution in [2.24, 2.45) is 4.99 Å². The summed E-state index contributed by atoms with van der Waals surface area (Å²) in [4.78, 5) is 3.94. The van der Waals surface area contributed by atoms with Gasteiger partial charge in [0.15, 0.2) is 5.96 Å². The molecule has 2 aromatic carbocycles. The average Bonchev–Trinajstić information content (AvgIpc) is 2.69. The second kappa shape index (κ2) is 12.1. The minimum Gasteiger partial charge on any atom is -0.355 e. The van der Waals surface area contributed by atoms with E-state index in [1.54, 1.807) is 6.07 Å². The highest BCUT2D eigenvalue weighted by Crippen LogP contribution is 2.29. The third kappa shape index (κ3) is 9.30. The van der Waals surface area contributed by atoms with Crippen molar-refractivity contribution in [3.05, 3.63) is 71.3 Å². The zero-order chi connectivity index (χ0) is 21.3. The lowest BCUT2D eigenvalue weighted by molar-refractivity contribution is -0.137. The molecule has 0 aliphatic rings. The van der Waals surface area contributed by atoms with Crippen molar-refractivity contribution >= 4 is 40.0 Å². The number of halogens is 4. The molecule has 0 bridgehead atoms. The van der Waals surface area contributed by atoms with Crippen LogP contribution in [0.5, 0.6) is 0 Å². The monoisotopic (exact) mass is 556 g/mol. The Labute approximate surface area is 191 Å². The van der Waals surface area contributed by atoms with Crippen molar-refractivity contribution in [3.8, 4) is 0 Å². The van der Waals surface area contributed by atoms with Crippen molar-refractivity contribution in [1.82, 2.24) is 15.4 Å². The van der Waals surface area contributed by atoms with Crippen LogP contribution in [0.4, 0.5) is 13.2 Å². The van der Waals surface area contributed by atoms with Crippen LogP contribution in [0.3, 0.4) is 0 Å². The average molecular weight is 556 g/mol. The number of nitrogens with zero attached hydrogens (tertiary/aromatic N) is 1. The van der Waals surface area contributed by atoms with Gasteiger partial charge >= 0.3 is 6.18 Å². The van der Waals surface area contributed by atoms with Crippen molar-refractivity contribution in [2.45, 2.75) is 19.3 Å². The van der Waals surface area contributed by atoms with Gasteiger partial charge in [-0.3, -0.25) is 4.99 Å². The van der Waals surface area contributed by atoms with Gasteiger partial charge in [0.2, 0.25) is 10.0 Å². The van der Waals surface area contributed by atoms with Crippen LogP contribution < -0.4 is 15.4 Å². The summed E-state index contributed by atoms with van der Waals surface area (Å²) in [5, 5.41) is 5.70. The fourth-order valence-corrected chi connectivity index (χ4v) is 3.33. The Morgan fingerprint density at radius 2 is 1.63 bits per heavy atom. The van der Waals surface area contributed by atoms with Gasteiger partial charge in [0, 0.05) is 26.7 Å². The zero-order valence-electron chi connectivity index (χ0n) is 16.2. The molecule has 166 valence electrons. The first kappa shape index (κ1) is 26.2. The fourth-order valence-electron chi connectivity index (χ4n) is 2.43. The maximum Gasteiger partial charge on any atom is 0.416 e. The van der Waals surface area contributed by atoms with Gasteiger partial charge < -0.3 is 10.6 Å². The topological polar surface area (TPSA) is 82.6 Å². The number of benzene rings is 2. The summed E-state index contributed by atoms with van der Waals surface area (Å²) in [7, 11) is -2.00. The number of nitrogens with one attached hydrogen (secondary N) is 3. The molecule has 0 amide bonds. The first-order valence-corrected chi connectivity index (χ1v) is 10.5. The largest absolute Gasteiger partial charge is 0.416 e. The highest BCUT2D eigenvalue weighted by molar-refractivity contribution is 14.0. The van der Waals surface area contributed by atoms with Crippen molar-refractivity contribution < 1.29 is 21.6 Å². The molecule has 0 unspecified atom stereocenters. The highest BCUT2D eigenvalue weighted by atomic mass is 127. The molecule has 30 heavy (non-hydrogen) atoms. The van der Waals surface area contributed by atoms with E-state index in [0.29, 0.717) is 11.5 Å². The molecule has 0 atom stereocenters. The van der Waals surface area contributed by atoms with E-state index in [-0.39, 0.29) is 49.4 Å². The van der Waals surface area contributed by atoms with Gasteiger partial charge in [-0.25, -0.2) is 13.1 Å². The first-order chi connectivity index (χ1) is 13.7. The van der Waals surface area contributed by atoms with Crippen molar-refractivity contribution in [3.63, 3.8) is 0 Å². The van der Waals surface area contributed by atoms with Crippen LogP contribution in [0.15, 0.2) is 59.6 Å². The van der Waals surface area contributed by atoms with E-state index >= 15 is 0 Å². The molecule has 2 rings (SSSR count). The van der Waals surface area contributed by atoms with E-state index < -0.39 is 21.8 Å². The zero-order valence-corrected chi connectivity index (χ0v) is 19.4. The molecule has 11 heteroatoms. The van der Waals surface area contributed by atoms with E-state index in [1.807, 2.05) is 30.3 Å². The first-order valence-electron chi connectivity index (χ1n) is 8.81. The van der Waals surface area contributed by atoms with Gasteiger partial charge in [-0.05, 0) is 23.3 Å². The molecule has 0 heterocycles. The highest BCUT2D eigenvalue weighted by Gasteiger charge is 2.30. The number of hydrogen-bond acceptors (Lipinski definition) is 3. The van der Waals surface area contributed by atoms with Gasteiger partial charge in [-0.2, -0.15) is 13.2 Å². The minimum absolute atomic E-state index is 0. The van der Waals surface area contributed by atoms with Gasteiger partial charge in [-0.1, -0.05) is 42.5 Å². The maximum absolute atomic E-state index is 12.8. The lowest BCUT2D eigenvalue weighted by Crippen LogP contribution is -2.40. The number of aliphatic imine (C=N–C) groups is 1. The molecule has 0 aliphatic carbocycles. The summed E-state index contributed by atoms with van der Waals surface area (Å²) >= 11 is 0. The van der Waals surface area contributed by atoms with Crippen LogP contribution in [0.2, 0.25) is 0 Å². The van der Waals surface area contributed by atoms with Crippen molar-refractivity contribution in [1.29, 1.82) is 0 Å².